The van der Waals surface area contributed by atoms with E-state index in [4.69, 9.17) is 0 Å². The maximum atomic E-state index is 11.7. The Morgan fingerprint density at radius 1 is 1.42 bits per heavy atom. The minimum Gasteiger partial charge on any atom is -0.354 e. The molecule has 0 spiro atoms. The third-order valence-corrected chi connectivity index (χ3v) is 3.14. The zero-order valence-corrected chi connectivity index (χ0v) is 12.1. The number of aromatic nitrogens is 1. The molecule has 0 atom stereocenters. The number of nitrogens with one attached hydrogen (secondary N) is 1. The number of aryl methyl sites for hydroxylation is 1. The number of benzene rings is 1. The molecule has 1 amide bonds. The molecular weight excluding hydrogens is 306 g/mol. The summed E-state index contributed by atoms with van der Waals surface area (Å²) in [4.78, 5) is 11.7. The van der Waals surface area contributed by atoms with Gasteiger partial charge >= 0.3 is 0 Å². The summed E-state index contributed by atoms with van der Waals surface area (Å²) in [7, 11) is 1.91. The highest BCUT2D eigenvalue weighted by atomic mass is 79.9. The second-order valence-corrected chi connectivity index (χ2v) is 5.05. The lowest BCUT2D eigenvalue weighted by Crippen LogP contribution is -2.20. The first-order chi connectivity index (χ1) is 9.15. The lowest BCUT2D eigenvalue weighted by atomic mass is 10.2. The molecule has 2 rings (SSSR count). The number of carbonyl (C=O) groups excluding carboxylic acids is 1. The van der Waals surface area contributed by atoms with Crippen LogP contribution >= 0.6 is 15.9 Å². The van der Waals surface area contributed by atoms with Crippen LogP contribution in [0.5, 0.6) is 0 Å². The highest BCUT2D eigenvalue weighted by Crippen LogP contribution is 2.09. The van der Waals surface area contributed by atoms with Gasteiger partial charge in [0, 0.05) is 23.4 Å². The first-order valence-corrected chi connectivity index (χ1v) is 6.62. The van der Waals surface area contributed by atoms with E-state index >= 15 is 0 Å². The van der Waals surface area contributed by atoms with Crippen LogP contribution in [-0.4, -0.2) is 16.7 Å². The van der Waals surface area contributed by atoms with Crippen molar-refractivity contribution in [3.05, 3.63) is 58.3 Å². The average molecular weight is 320 g/mol. The first-order valence-electron chi connectivity index (χ1n) is 5.83. The van der Waals surface area contributed by atoms with Crippen molar-refractivity contribution in [2.75, 3.05) is 0 Å². The first kappa shape index (κ1) is 13.5. The van der Waals surface area contributed by atoms with E-state index in [-0.39, 0.29) is 5.91 Å². The van der Waals surface area contributed by atoms with Crippen molar-refractivity contribution < 1.29 is 4.79 Å². The molecule has 1 aromatic heterocycles. The maximum absolute atomic E-state index is 11.7. The minimum atomic E-state index is -0.131. The van der Waals surface area contributed by atoms with Crippen molar-refractivity contribution >= 4 is 28.1 Å². The van der Waals surface area contributed by atoms with Gasteiger partial charge < -0.3 is 4.57 Å². The third kappa shape index (κ3) is 4.06. The monoisotopic (exact) mass is 319 g/mol. The van der Waals surface area contributed by atoms with Crippen LogP contribution in [0.1, 0.15) is 11.3 Å². The van der Waals surface area contributed by atoms with Crippen molar-refractivity contribution in [2.45, 2.75) is 6.42 Å². The Hall–Kier alpha value is -1.88. The standard InChI is InChI=1S/C14H14BrN3O/c1-18-7-3-6-13(18)9-14(19)17-16-10-11-4-2-5-12(15)8-11/h2-8,10H,9H2,1H3,(H,17,19). The normalized spacial score (nSPS) is 10.8. The van der Waals surface area contributed by atoms with E-state index < -0.39 is 0 Å². The fraction of sp³-hybridized carbons (Fsp3) is 0.143. The quantitative estimate of drug-likeness (QED) is 0.683. The van der Waals surface area contributed by atoms with Crippen molar-refractivity contribution in [3.63, 3.8) is 0 Å². The van der Waals surface area contributed by atoms with Crippen LogP contribution in [0.15, 0.2) is 52.2 Å². The summed E-state index contributed by atoms with van der Waals surface area (Å²) >= 11 is 3.38. The Bertz CT molecular complexity index is 604. The molecule has 1 aromatic carbocycles. The number of carbonyl (C=O) groups is 1. The van der Waals surface area contributed by atoms with E-state index in [0.717, 1.165) is 15.7 Å². The van der Waals surface area contributed by atoms with Gasteiger partial charge in [0.25, 0.3) is 0 Å². The molecule has 98 valence electrons. The van der Waals surface area contributed by atoms with Gasteiger partial charge in [0.15, 0.2) is 0 Å². The summed E-state index contributed by atoms with van der Waals surface area (Å²) in [5.41, 5.74) is 4.40. The molecule has 1 N–H and O–H groups in total. The van der Waals surface area contributed by atoms with Gasteiger partial charge in [0.1, 0.15) is 0 Å². The number of hydrogen-bond acceptors (Lipinski definition) is 2. The van der Waals surface area contributed by atoms with E-state index in [9.17, 15) is 4.79 Å². The Kier molecular flexibility index (Phi) is 4.52. The number of halogens is 1. The topological polar surface area (TPSA) is 46.4 Å². The Morgan fingerprint density at radius 2 is 2.26 bits per heavy atom. The van der Waals surface area contributed by atoms with Crippen LogP contribution in [-0.2, 0) is 18.3 Å². The van der Waals surface area contributed by atoms with Gasteiger partial charge in [-0.3, -0.25) is 4.79 Å². The van der Waals surface area contributed by atoms with Gasteiger partial charge in [-0.2, -0.15) is 5.10 Å². The highest BCUT2D eigenvalue weighted by molar-refractivity contribution is 9.10. The molecule has 0 fully saturated rings. The SMILES string of the molecule is Cn1cccc1CC(=O)NN=Cc1cccc(Br)c1. The summed E-state index contributed by atoms with van der Waals surface area (Å²) in [6, 6.07) is 11.5. The Labute approximate surface area is 120 Å². The van der Waals surface area contributed by atoms with Crippen molar-refractivity contribution in [3.8, 4) is 0 Å². The third-order valence-electron chi connectivity index (χ3n) is 2.64. The highest BCUT2D eigenvalue weighted by Gasteiger charge is 2.04. The Balaban J connectivity index is 1.88. The second kappa shape index (κ2) is 6.33. The summed E-state index contributed by atoms with van der Waals surface area (Å²) < 4.78 is 2.89. The summed E-state index contributed by atoms with van der Waals surface area (Å²) in [6.07, 6.45) is 3.85. The summed E-state index contributed by atoms with van der Waals surface area (Å²) in [5, 5.41) is 3.94. The summed E-state index contributed by atoms with van der Waals surface area (Å²) in [5.74, 6) is -0.131. The molecule has 0 saturated heterocycles. The van der Waals surface area contributed by atoms with Crippen molar-refractivity contribution in [2.24, 2.45) is 12.1 Å². The fourth-order valence-electron chi connectivity index (χ4n) is 1.65. The van der Waals surface area contributed by atoms with Gasteiger partial charge in [0.2, 0.25) is 5.91 Å². The molecule has 4 nitrogen and oxygen atoms in total. The number of nitrogens with zero attached hydrogens (tertiary/aromatic N) is 2. The van der Waals surface area contributed by atoms with Crippen LogP contribution in [0.2, 0.25) is 0 Å². The van der Waals surface area contributed by atoms with Gasteiger partial charge in [-0.15, -0.1) is 0 Å². The van der Waals surface area contributed by atoms with Gasteiger partial charge in [-0.25, -0.2) is 5.43 Å². The molecule has 0 unspecified atom stereocenters. The number of amides is 1. The summed E-state index contributed by atoms with van der Waals surface area (Å²) in [6.45, 7) is 0. The largest absolute Gasteiger partial charge is 0.354 e. The zero-order chi connectivity index (χ0) is 13.7. The molecule has 0 saturated carbocycles. The van der Waals surface area contributed by atoms with E-state index in [0.29, 0.717) is 6.42 Å². The minimum absolute atomic E-state index is 0.131. The number of hydrazone groups is 1. The van der Waals surface area contributed by atoms with Crippen LogP contribution in [0, 0.1) is 0 Å². The van der Waals surface area contributed by atoms with Gasteiger partial charge in [0.05, 0.1) is 12.6 Å². The molecule has 2 aromatic rings. The van der Waals surface area contributed by atoms with Crippen LogP contribution < -0.4 is 5.43 Å². The van der Waals surface area contributed by atoms with Crippen LogP contribution in [0.4, 0.5) is 0 Å². The molecular formula is C14H14BrN3O. The molecule has 0 aliphatic carbocycles. The van der Waals surface area contributed by atoms with E-state index in [2.05, 4.69) is 26.5 Å². The molecule has 5 heteroatoms. The number of rotatable bonds is 4. The zero-order valence-electron chi connectivity index (χ0n) is 10.5. The van der Waals surface area contributed by atoms with Crippen LogP contribution in [0.25, 0.3) is 0 Å². The van der Waals surface area contributed by atoms with E-state index in [1.165, 1.54) is 0 Å². The predicted octanol–water partition coefficient (Wildman–Crippen LogP) is 2.48. The smallest absolute Gasteiger partial charge is 0.245 e. The van der Waals surface area contributed by atoms with E-state index in [1.807, 2.05) is 54.2 Å². The maximum Gasteiger partial charge on any atom is 0.245 e. The average Bonchev–Trinajstić information content (AvgIpc) is 2.75. The predicted molar refractivity (Wildman–Crippen MR) is 79.0 cm³/mol. The lowest BCUT2D eigenvalue weighted by Gasteiger charge is -2.02. The lowest BCUT2D eigenvalue weighted by molar-refractivity contribution is -0.120. The molecule has 0 radical (unpaired) electrons. The van der Waals surface area contributed by atoms with Gasteiger partial charge in [-0.05, 0) is 29.8 Å². The molecule has 19 heavy (non-hydrogen) atoms. The number of hydrogen-bond donors (Lipinski definition) is 1. The Morgan fingerprint density at radius 3 is 2.95 bits per heavy atom. The van der Waals surface area contributed by atoms with Crippen molar-refractivity contribution in [1.29, 1.82) is 0 Å². The molecule has 0 bridgehead atoms. The van der Waals surface area contributed by atoms with Gasteiger partial charge in [-0.1, -0.05) is 28.1 Å². The van der Waals surface area contributed by atoms with Crippen molar-refractivity contribution in [1.82, 2.24) is 9.99 Å². The van der Waals surface area contributed by atoms with E-state index in [1.54, 1.807) is 6.21 Å². The molecule has 1 heterocycles. The molecule has 0 aliphatic heterocycles. The fourth-order valence-corrected chi connectivity index (χ4v) is 2.07. The molecule has 0 aliphatic rings. The van der Waals surface area contributed by atoms with Crippen LogP contribution in [0.3, 0.4) is 0 Å². The second-order valence-electron chi connectivity index (χ2n) is 4.14.